The van der Waals surface area contributed by atoms with E-state index in [1.54, 1.807) is 36.2 Å². The number of carbonyl (C=O) groups excluding carboxylic acids is 3. The second kappa shape index (κ2) is 8.90. The van der Waals surface area contributed by atoms with Gasteiger partial charge in [-0.1, -0.05) is 23.7 Å². The lowest BCUT2D eigenvalue weighted by Gasteiger charge is -2.35. The molecule has 1 aliphatic carbocycles. The minimum atomic E-state index is -0.503. The first-order chi connectivity index (χ1) is 15.8. The number of carbonyl (C=O) groups is 3. The second-order valence-electron chi connectivity index (χ2n) is 8.38. The molecular formula is C23H25ClN4O5. The molecule has 1 saturated carbocycles. The predicted molar refractivity (Wildman–Crippen MR) is 121 cm³/mol. The second-order valence-corrected chi connectivity index (χ2v) is 8.81. The van der Waals surface area contributed by atoms with Gasteiger partial charge in [0.05, 0.1) is 12.6 Å². The smallest absolute Gasteiger partial charge is 0.409 e. The van der Waals surface area contributed by atoms with Crippen LogP contribution >= 0.6 is 11.6 Å². The molecule has 1 aliphatic heterocycles. The maximum absolute atomic E-state index is 13.1. The molecule has 4 rings (SSSR count). The monoisotopic (exact) mass is 472 g/mol. The molecule has 0 spiro atoms. The van der Waals surface area contributed by atoms with E-state index in [1.807, 2.05) is 0 Å². The van der Waals surface area contributed by atoms with Gasteiger partial charge in [0, 0.05) is 38.2 Å². The quantitative estimate of drug-likeness (QED) is 0.694. The number of methoxy groups -OCH3 is 1. The van der Waals surface area contributed by atoms with E-state index in [9.17, 15) is 19.2 Å². The van der Waals surface area contributed by atoms with Crippen molar-refractivity contribution in [1.82, 2.24) is 19.7 Å². The number of nitrogens with one attached hydrogen (secondary N) is 1. The van der Waals surface area contributed by atoms with Gasteiger partial charge in [0.2, 0.25) is 0 Å². The minimum Gasteiger partial charge on any atom is -0.453 e. The van der Waals surface area contributed by atoms with Crippen LogP contribution in [0.2, 0.25) is 5.02 Å². The van der Waals surface area contributed by atoms with Crippen LogP contribution in [0.25, 0.3) is 0 Å². The summed E-state index contributed by atoms with van der Waals surface area (Å²) in [6, 6.07) is 9.93. The van der Waals surface area contributed by atoms with Crippen LogP contribution in [-0.4, -0.2) is 65.1 Å². The third-order valence-corrected chi connectivity index (χ3v) is 6.61. The van der Waals surface area contributed by atoms with Crippen LogP contribution in [0.4, 0.5) is 4.79 Å². The Balaban J connectivity index is 1.47. The number of aromatic nitrogens is 1. The topological polar surface area (TPSA) is 101 Å². The number of hydrogen-bond acceptors (Lipinski definition) is 5. The van der Waals surface area contributed by atoms with Crippen molar-refractivity contribution in [3.8, 4) is 0 Å². The number of rotatable bonds is 6. The van der Waals surface area contributed by atoms with E-state index in [2.05, 4.69) is 5.32 Å². The fraction of sp³-hybridized carbons (Fsp3) is 0.391. The largest absolute Gasteiger partial charge is 0.453 e. The van der Waals surface area contributed by atoms with E-state index in [1.165, 1.54) is 28.7 Å². The Bertz CT molecular complexity index is 1160. The first kappa shape index (κ1) is 22.8. The Morgan fingerprint density at radius 1 is 1.12 bits per heavy atom. The number of ether oxygens (including phenoxy) is 1. The highest BCUT2D eigenvalue weighted by Crippen LogP contribution is 2.42. The number of nitrogens with zero attached hydrogens (tertiary/aromatic N) is 3. The summed E-state index contributed by atoms with van der Waals surface area (Å²) in [4.78, 5) is 53.8. The van der Waals surface area contributed by atoms with Gasteiger partial charge in [-0.3, -0.25) is 14.4 Å². The summed E-state index contributed by atoms with van der Waals surface area (Å²) in [5.41, 5.74) is 0.131. The summed E-state index contributed by atoms with van der Waals surface area (Å²) < 4.78 is 6.16. The molecule has 33 heavy (non-hydrogen) atoms. The molecule has 2 aromatic rings. The summed E-state index contributed by atoms with van der Waals surface area (Å²) in [6.45, 7) is 1.21. The van der Waals surface area contributed by atoms with Crippen LogP contribution in [0.1, 0.15) is 39.3 Å². The molecule has 1 fully saturated rings. The highest BCUT2D eigenvalue weighted by Gasteiger charge is 2.51. The molecule has 0 unspecified atom stereocenters. The fourth-order valence-corrected chi connectivity index (χ4v) is 4.23. The van der Waals surface area contributed by atoms with Crippen LogP contribution < -0.4 is 10.9 Å². The van der Waals surface area contributed by atoms with Gasteiger partial charge in [0.15, 0.2) is 0 Å². The van der Waals surface area contributed by atoms with Crippen molar-refractivity contribution >= 4 is 29.5 Å². The highest BCUT2D eigenvalue weighted by atomic mass is 35.5. The summed E-state index contributed by atoms with van der Waals surface area (Å²) in [5.74, 6) is -0.798. The average Bonchev–Trinajstić information content (AvgIpc) is 3.60. The van der Waals surface area contributed by atoms with Crippen molar-refractivity contribution in [3.63, 3.8) is 0 Å². The Labute approximate surface area is 195 Å². The van der Waals surface area contributed by atoms with E-state index >= 15 is 0 Å². The maximum Gasteiger partial charge on any atom is 0.409 e. The lowest BCUT2D eigenvalue weighted by atomic mass is 10.1. The van der Waals surface area contributed by atoms with E-state index in [4.69, 9.17) is 16.3 Å². The van der Waals surface area contributed by atoms with Crippen molar-refractivity contribution in [2.75, 3.05) is 27.2 Å². The third-order valence-electron chi connectivity index (χ3n) is 6.36. The summed E-state index contributed by atoms with van der Waals surface area (Å²) in [5, 5.41) is 3.33. The molecule has 174 valence electrons. The van der Waals surface area contributed by atoms with Gasteiger partial charge in [-0.2, -0.15) is 0 Å². The first-order valence-electron chi connectivity index (χ1n) is 10.6. The number of benzene rings is 1. The zero-order chi connectivity index (χ0) is 23.8. The molecule has 3 amide bonds. The zero-order valence-electron chi connectivity index (χ0n) is 18.5. The average molecular weight is 473 g/mol. The van der Waals surface area contributed by atoms with Gasteiger partial charge < -0.3 is 24.4 Å². The van der Waals surface area contributed by atoms with E-state index < -0.39 is 23.1 Å². The summed E-state index contributed by atoms with van der Waals surface area (Å²) in [7, 11) is 2.99. The number of fused-ring (bicyclic) bond motifs is 1. The number of likely N-dealkylation sites (N-methyl/N-ethyl adjacent to an activating group) is 1. The summed E-state index contributed by atoms with van der Waals surface area (Å²) in [6.07, 6.45) is 1.12. The van der Waals surface area contributed by atoms with Gasteiger partial charge >= 0.3 is 6.09 Å². The lowest BCUT2D eigenvalue weighted by molar-refractivity contribution is 0.0587. The van der Waals surface area contributed by atoms with Gasteiger partial charge in [-0.15, -0.1) is 0 Å². The zero-order valence-corrected chi connectivity index (χ0v) is 19.2. The van der Waals surface area contributed by atoms with Crippen molar-refractivity contribution in [2.45, 2.75) is 31.5 Å². The molecule has 1 aromatic carbocycles. The first-order valence-corrected chi connectivity index (χ1v) is 11.0. The maximum atomic E-state index is 13.1. The molecular weight excluding hydrogens is 448 g/mol. The standard InChI is InChI=1S/C23H25ClN4O5/c1-26(22(32)33-2)23(9-10-23)14-27-11-12-28-18(21(27)31)8-7-17(20(28)30)19(29)25-13-15-3-5-16(24)6-4-15/h3-8H,9-14H2,1-2H3,(H,25,29). The van der Waals surface area contributed by atoms with Gasteiger partial charge in [0.25, 0.3) is 17.4 Å². The Morgan fingerprint density at radius 2 is 1.82 bits per heavy atom. The number of halogens is 1. The Kier molecular flexibility index (Phi) is 6.16. The Morgan fingerprint density at radius 3 is 2.45 bits per heavy atom. The van der Waals surface area contributed by atoms with Gasteiger partial charge in [-0.05, 0) is 42.7 Å². The fourth-order valence-electron chi connectivity index (χ4n) is 4.10. The van der Waals surface area contributed by atoms with Crippen molar-refractivity contribution in [2.24, 2.45) is 0 Å². The van der Waals surface area contributed by atoms with Crippen molar-refractivity contribution < 1.29 is 19.1 Å². The molecule has 0 bridgehead atoms. The van der Waals surface area contributed by atoms with Crippen LogP contribution in [0.5, 0.6) is 0 Å². The van der Waals surface area contributed by atoms with E-state index in [0.717, 1.165) is 18.4 Å². The molecule has 0 radical (unpaired) electrons. The molecule has 0 atom stereocenters. The minimum absolute atomic E-state index is 0.0157. The number of pyridine rings is 1. The highest BCUT2D eigenvalue weighted by molar-refractivity contribution is 6.30. The van der Waals surface area contributed by atoms with E-state index in [0.29, 0.717) is 18.1 Å². The molecule has 1 N–H and O–H groups in total. The molecule has 1 aromatic heterocycles. The number of hydrogen-bond donors (Lipinski definition) is 1. The normalized spacial score (nSPS) is 16.1. The molecule has 2 heterocycles. The summed E-state index contributed by atoms with van der Waals surface area (Å²) >= 11 is 5.87. The molecule has 2 aliphatic rings. The van der Waals surface area contributed by atoms with Crippen LogP contribution in [-0.2, 0) is 17.8 Å². The van der Waals surface area contributed by atoms with Gasteiger partial charge in [0.1, 0.15) is 11.3 Å². The van der Waals surface area contributed by atoms with Gasteiger partial charge in [-0.25, -0.2) is 4.79 Å². The molecule has 0 saturated heterocycles. The van der Waals surface area contributed by atoms with Crippen molar-refractivity contribution in [3.05, 3.63) is 68.6 Å². The number of amides is 3. The van der Waals surface area contributed by atoms with Crippen LogP contribution in [0.3, 0.4) is 0 Å². The van der Waals surface area contributed by atoms with E-state index in [-0.39, 0.29) is 30.3 Å². The SMILES string of the molecule is COC(=O)N(C)C1(CN2CCn3c(ccc(C(=O)NCc4ccc(Cl)cc4)c3=O)C2=O)CC1. The van der Waals surface area contributed by atoms with Crippen LogP contribution in [0, 0.1) is 0 Å². The van der Waals surface area contributed by atoms with Crippen molar-refractivity contribution in [1.29, 1.82) is 0 Å². The Hall–Kier alpha value is -3.33. The molecule has 10 heteroatoms. The van der Waals surface area contributed by atoms with Crippen LogP contribution in [0.15, 0.2) is 41.2 Å². The lowest BCUT2D eigenvalue weighted by Crippen LogP contribution is -2.52. The predicted octanol–water partition coefficient (Wildman–Crippen LogP) is 2.12. The third kappa shape index (κ3) is 4.45. The molecule has 9 nitrogen and oxygen atoms in total.